The summed E-state index contributed by atoms with van der Waals surface area (Å²) in [5.74, 6) is -1.74. The van der Waals surface area contributed by atoms with Gasteiger partial charge in [-0.15, -0.1) is 0 Å². The number of hydrogen-bond donors (Lipinski definition) is 1. The first-order valence-electron chi connectivity index (χ1n) is 6.05. The lowest BCUT2D eigenvalue weighted by molar-refractivity contribution is -0.142. The van der Waals surface area contributed by atoms with Crippen molar-refractivity contribution in [3.8, 4) is 0 Å². The number of carbonyl (C=O) groups excluding carboxylic acids is 1. The van der Waals surface area contributed by atoms with Gasteiger partial charge in [0, 0.05) is 31.8 Å². The number of aromatic nitrogens is 2. The molecule has 1 saturated heterocycles. The minimum absolute atomic E-state index is 0.0649. The molecule has 6 heteroatoms. The van der Waals surface area contributed by atoms with Crippen molar-refractivity contribution in [1.82, 2.24) is 14.7 Å². The summed E-state index contributed by atoms with van der Waals surface area (Å²) in [6.07, 6.45) is 4.52. The Hall–Kier alpha value is -1.85. The zero-order valence-electron chi connectivity index (χ0n) is 10.5. The molecule has 18 heavy (non-hydrogen) atoms. The van der Waals surface area contributed by atoms with E-state index in [0.717, 1.165) is 18.5 Å². The lowest BCUT2D eigenvalue weighted by Crippen LogP contribution is -2.26. The molecule has 2 rings (SSSR count). The number of nitrogens with zero attached hydrogens (tertiary/aromatic N) is 3. The summed E-state index contributed by atoms with van der Waals surface area (Å²) in [7, 11) is 1.65. The molecule has 1 fully saturated rings. The van der Waals surface area contributed by atoms with Crippen LogP contribution in [0.5, 0.6) is 0 Å². The Morgan fingerprint density at radius 1 is 1.61 bits per heavy atom. The van der Waals surface area contributed by atoms with Crippen LogP contribution in [0.2, 0.25) is 0 Å². The third-order valence-electron chi connectivity index (χ3n) is 3.35. The molecule has 2 unspecified atom stereocenters. The van der Waals surface area contributed by atoms with E-state index in [-0.39, 0.29) is 12.3 Å². The smallest absolute Gasteiger partial charge is 0.309 e. The van der Waals surface area contributed by atoms with E-state index >= 15 is 0 Å². The maximum atomic E-state index is 11.6. The normalized spacial score (nSPS) is 23.7. The summed E-state index contributed by atoms with van der Waals surface area (Å²) in [5, 5.41) is 13.4. The van der Waals surface area contributed by atoms with Gasteiger partial charge in [0.15, 0.2) is 0 Å². The standard InChI is InChI=1S/C12H17N3O3/c1-3-4-15-7-8(6-13-15)11-9(12(17)18)5-10(16)14(11)2/h6-7,9,11H,3-5H2,1-2H3,(H,17,18). The van der Waals surface area contributed by atoms with Crippen molar-refractivity contribution in [2.24, 2.45) is 5.92 Å². The highest BCUT2D eigenvalue weighted by Crippen LogP contribution is 2.36. The predicted octanol–water partition coefficient (Wildman–Crippen LogP) is 0.897. The largest absolute Gasteiger partial charge is 0.481 e. The first kappa shape index (κ1) is 12.6. The summed E-state index contributed by atoms with van der Waals surface area (Å²) >= 11 is 0. The molecule has 0 aliphatic carbocycles. The molecule has 0 saturated carbocycles. The molecule has 2 heterocycles. The maximum absolute atomic E-state index is 11.6. The van der Waals surface area contributed by atoms with Crippen LogP contribution < -0.4 is 0 Å². The Labute approximate surface area is 105 Å². The van der Waals surface area contributed by atoms with Crippen molar-refractivity contribution in [2.75, 3.05) is 7.05 Å². The lowest BCUT2D eigenvalue weighted by Gasteiger charge is -2.21. The van der Waals surface area contributed by atoms with Crippen LogP contribution >= 0.6 is 0 Å². The Bertz CT molecular complexity index is 469. The summed E-state index contributed by atoms with van der Waals surface area (Å²) in [6, 6.07) is -0.402. The molecule has 6 nitrogen and oxygen atoms in total. The fourth-order valence-electron chi connectivity index (χ4n) is 2.43. The fraction of sp³-hybridized carbons (Fsp3) is 0.583. The highest BCUT2D eigenvalue weighted by Gasteiger charge is 2.43. The summed E-state index contributed by atoms with van der Waals surface area (Å²) < 4.78 is 1.78. The van der Waals surface area contributed by atoms with Crippen molar-refractivity contribution < 1.29 is 14.7 Å². The van der Waals surface area contributed by atoms with Gasteiger partial charge < -0.3 is 10.0 Å². The Morgan fingerprint density at radius 3 is 2.94 bits per heavy atom. The third-order valence-corrected chi connectivity index (χ3v) is 3.35. The van der Waals surface area contributed by atoms with Crippen LogP contribution in [0.25, 0.3) is 0 Å². The van der Waals surface area contributed by atoms with E-state index in [1.54, 1.807) is 17.9 Å². The van der Waals surface area contributed by atoms with E-state index in [0.29, 0.717) is 0 Å². The second-order valence-corrected chi connectivity index (χ2v) is 4.64. The molecular formula is C12H17N3O3. The second-order valence-electron chi connectivity index (χ2n) is 4.64. The average molecular weight is 251 g/mol. The number of amides is 1. The number of likely N-dealkylation sites (tertiary alicyclic amines) is 1. The molecule has 0 aromatic carbocycles. The summed E-state index contributed by atoms with van der Waals surface area (Å²) in [6.45, 7) is 2.84. The Morgan fingerprint density at radius 2 is 2.33 bits per heavy atom. The van der Waals surface area contributed by atoms with Crippen LogP contribution in [0.15, 0.2) is 12.4 Å². The van der Waals surface area contributed by atoms with Crippen molar-refractivity contribution in [1.29, 1.82) is 0 Å². The zero-order chi connectivity index (χ0) is 13.3. The van der Waals surface area contributed by atoms with Crippen molar-refractivity contribution in [3.63, 3.8) is 0 Å². The molecule has 98 valence electrons. The third kappa shape index (κ3) is 2.10. The van der Waals surface area contributed by atoms with Crippen LogP contribution in [0.3, 0.4) is 0 Å². The van der Waals surface area contributed by atoms with E-state index in [4.69, 9.17) is 0 Å². The number of carbonyl (C=O) groups is 2. The highest BCUT2D eigenvalue weighted by atomic mass is 16.4. The average Bonchev–Trinajstić information content (AvgIpc) is 2.86. The van der Waals surface area contributed by atoms with Crippen LogP contribution in [0, 0.1) is 5.92 Å². The molecule has 1 aliphatic rings. The van der Waals surface area contributed by atoms with E-state index in [1.807, 2.05) is 13.1 Å². The highest BCUT2D eigenvalue weighted by molar-refractivity contribution is 5.87. The molecule has 1 N–H and O–H groups in total. The molecule has 2 atom stereocenters. The molecule has 0 bridgehead atoms. The number of carboxylic acids is 1. The molecule has 1 aliphatic heterocycles. The van der Waals surface area contributed by atoms with Gasteiger partial charge in [-0.1, -0.05) is 6.92 Å². The van der Waals surface area contributed by atoms with Crippen molar-refractivity contribution in [2.45, 2.75) is 32.4 Å². The first-order valence-corrected chi connectivity index (χ1v) is 6.05. The van der Waals surface area contributed by atoms with Crippen molar-refractivity contribution >= 4 is 11.9 Å². The van der Waals surface area contributed by atoms with Gasteiger partial charge in [0.1, 0.15) is 0 Å². The molecule has 1 amide bonds. The Balaban J connectivity index is 2.27. The minimum atomic E-state index is -0.930. The minimum Gasteiger partial charge on any atom is -0.481 e. The summed E-state index contributed by atoms with van der Waals surface area (Å²) in [4.78, 5) is 24.3. The monoisotopic (exact) mass is 251 g/mol. The van der Waals surface area contributed by atoms with Gasteiger partial charge in [0.2, 0.25) is 5.91 Å². The lowest BCUT2D eigenvalue weighted by atomic mass is 9.96. The number of aliphatic carboxylic acids is 1. The van der Waals surface area contributed by atoms with Crippen LogP contribution in [0.1, 0.15) is 31.4 Å². The van der Waals surface area contributed by atoms with Gasteiger partial charge >= 0.3 is 5.97 Å². The quantitative estimate of drug-likeness (QED) is 0.862. The van der Waals surface area contributed by atoms with Gasteiger partial charge in [-0.25, -0.2) is 0 Å². The maximum Gasteiger partial charge on any atom is 0.309 e. The molecule has 1 aromatic heterocycles. The topological polar surface area (TPSA) is 75.4 Å². The second kappa shape index (κ2) is 4.80. The van der Waals surface area contributed by atoms with Gasteiger partial charge in [0.05, 0.1) is 18.2 Å². The van der Waals surface area contributed by atoms with Gasteiger partial charge in [-0.05, 0) is 6.42 Å². The van der Waals surface area contributed by atoms with Crippen LogP contribution in [-0.4, -0.2) is 38.7 Å². The SMILES string of the molecule is CCCn1cc(C2C(C(=O)O)CC(=O)N2C)cn1. The number of carboxylic acid groups (broad SMARTS) is 1. The number of aryl methyl sites for hydroxylation is 1. The van der Waals surface area contributed by atoms with Gasteiger partial charge in [-0.3, -0.25) is 14.3 Å². The van der Waals surface area contributed by atoms with Crippen molar-refractivity contribution in [3.05, 3.63) is 18.0 Å². The molecule has 1 aromatic rings. The summed E-state index contributed by atoms with van der Waals surface area (Å²) in [5.41, 5.74) is 0.796. The van der Waals surface area contributed by atoms with E-state index < -0.39 is 17.9 Å². The van der Waals surface area contributed by atoms with Crippen LogP contribution in [0.4, 0.5) is 0 Å². The van der Waals surface area contributed by atoms with E-state index in [2.05, 4.69) is 5.10 Å². The van der Waals surface area contributed by atoms with E-state index in [9.17, 15) is 14.7 Å². The van der Waals surface area contributed by atoms with Crippen LogP contribution in [-0.2, 0) is 16.1 Å². The molecule has 0 spiro atoms. The first-order chi connectivity index (χ1) is 8.54. The number of rotatable bonds is 4. The fourth-order valence-corrected chi connectivity index (χ4v) is 2.43. The van der Waals surface area contributed by atoms with Gasteiger partial charge in [-0.2, -0.15) is 5.10 Å². The predicted molar refractivity (Wildman–Crippen MR) is 63.8 cm³/mol. The number of hydrogen-bond acceptors (Lipinski definition) is 3. The Kier molecular flexibility index (Phi) is 3.36. The van der Waals surface area contributed by atoms with Gasteiger partial charge in [0.25, 0.3) is 0 Å². The van der Waals surface area contributed by atoms with E-state index in [1.165, 1.54) is 4.90 Å². The molecule has 0 radical (unpaired) electrons. The molecular weight excluding hydrogens is 234 g/mol. The zero-order valence-corrected chi connectivity index (χ0v) is 10.5.